The lowest BCUT2D eigenvalue weighted by Crippen LogP contribution is -2.42. The Morgan fingerprint density at radius 1 is 1.50 bits per heavy atom. The van der Waals surface area contributed by atoms with Crippen molar-refractivity contribution in [3.63, 3.8) is 0 Å². The van der Waals surface area contributed by atoms with Gasteiger partial charge in [0.2, 0.25) is 0 Å². The molecule has 0 bridgehead atoms. The third-order valence-corrected chi connectivity index (χ3v) is 2.29. The summed E-state index contributed by atoms with van der Waals surface area (Å²) in [5.41, 5.74) is -0.147. The number of halogens is 1. The van der Waals surface area contributed by atoms with Gasteiger partial charge in [-0.05, 0) is 23.6 Å². The Balaban J connectivity index is 4.06. The lowest BCUT2D eigenvalue weighted by molar-refractivity contribution is -0.123. The molecule has 1 N–H and O–H groups in total. The summed E-state index contributed by atoms with van der Waals surface area (Å²) in [6, 6.07) is -0.291. The largest absolute Gasteiger partial charge is 0.385 e. The molecule has 0 aliphatic rings. The number of ketones is 1. The van der Waals surface area contributed by atoms with E-state index in [0.717, 1.165) is 6.42 Å². The summed E-state index contributed by atoms with van der Waals surface area (Å²) in [5, 5.41) is 0. The second-order valence-electron chi connectivity index (χ2n) is 4.47. The number of ether oxygens (including phenoxy) is 1. The van der Waals surface area contributed by atoms with Crippen LogP contribution in [0.15, 0.2) is 0 Å². The molecule has 0 heterocycles. The van der Waals surface area contributed by atoms with Crippen LogP contribution in [0, 0.1) is 5.41 Å². The molecule has 0 spiro atoms. The number of hydrogen-bond donors (Lipinski definition) is 1. The summed E-state index contributed by atoms with van der Waals surface area (Å²) in [4.78, 5) is 14.2. The second-order valence-corrected chi connectivity index (χ2v) is 4.69. The first kappa shape index (κ1) is 13.9. The standard InChI is InChI=1S/C10H20ClNO2/c1-10(2,3)9(12-11)8(13)6-5-7-14-4/h9,12H,5-7H2,1-4H3. The minimum atomic E-state index is -0.291. The number of nitrogens with one attached hydrogen (secondary N) is 1. The lowest BCUT2D eigenvalue weighted by atomic mass is 9.84. The highest BCUT2D eigenvalue weighted by molar-refractivity contribution is 6.15. The van der Waals surface area contributed by atoms with Gasteiger partial charge in [0.15, 0.2) is 5.78 Å². The van der Waals surface area contributed by atoms with Gasteiger partial charge in [-0.1, -0.05) is 20.8 Å². The van der Waals surface area contributed by atoms with Gasteiger partial charge < -0.3 is 4.74 Å². The van der Waals surface area contributed by atoms with Gasteiger partial charge in [0.1, 0.15) is 0 Å². The van der Waals surface area contributed by atoms with E-state index in [-0.39, 0.29) is 17.2 Å². The molecule has 14 heavy (non-hydrogen) atoms. The molecule has 4 heteroatoms. The van der Waals surface area contributed by atoms with E-state index in [9.17, 15) is 4.79 Å². The summed E-state index contributed by atoms with van der Waals surface area (Å²) in [6.07, 6.45) is 1.26. The minimum absolute atomic E-state index is 0.143. The fourth-order valence-corrected chi connectivity index (χ4v) is 1.69. The Morgan fingerprint density at radius 3 is 2.43 bits per heavy atom. The zero-order chi connectivity index (χ0) is 11.2. The number of hydrogen-bond acceptors (Lipinski definition) is 3. The SMILES string of the molecule is COCCCC(=O)C(NCl)C(C)(C)C. The van der Waals surface area contributed by atoms with E-state index in [1.165, 1.54) is 0 Å². The van der Waals surface area contributed by atoms with Gasteiger partial charge in [0, 0.05) is 20.1 Å². The number of carbonyl (C=O) groups excluding carboxylic acids is 1. The Labute approximate surface area is 91.3 Å². The van der Waals surface area contributed by atoms with Crippen LogP contribution in [0.3, 0.4) is 0 Å². The normalized spacial score (nSPS) is 14.1. The topological polar surface area (TPSA) is 38.3 Å². The highest BCUT2D eigenvalue weighted by Gasteiger charge is 2.29. The lowest BCUT2D eigenvalue weighted by Gasteiger charge is -2.27. The summed E-state index contributed by atoms with van der Waals surface area (Å²) in [5.74, 6) is 0.143. The van der Waals surface area contributed by atoms with Crippen molar-refractivity contribution in [2.75, 3.05) is 13.7 Å². The maximum atomic E-state index is 11.7. The van der Waals surface area contributed by atoms with Crippen molar-refractivity contribution < 1.29 is 9.53 Å². The predicted molar refractivity (Wildman–Crippen MR) is 58.3 cm³/mol. The van der Waals surface area contributed by atoms with E-state index in [1.54, 1.807) is 7.11 Å². The number of carbonyl (C=O) groups is 1. The average Bonchev–Trinajstić information content (AvgIpc) is 2.03. The van der Waals surface area contributed by atoms with Crippen molar-refractivity contribution in [2.24, 2.45) is 5.41 Å². The molecule has 0 saturated carbocycles. The van der Waals surface area contributed by atoms with Crippen LogP contribution in [0.4, 0.5) is 0 Å². The van der Waals surface area contributed by atoms with E-state index in [2.05, 4.69) is 4.84 Å². The van der Waals surface area contributed by atoms with Gasteiger partial charge in [0.05, 0.1) is 6.04 Å². The number of methoxy groups -OCH3 is 1. The minimum Gasteiger partial charge on any atom is -0.385 e. The number of Topliss-reactive ketones (excluding diaryl/α,β-unsaturated/α-hetero) is 1. The molecule has 84 valence electrons. The van der Waals surface area contributed by atoms with E-state index < -0.39 is 0 Å². The third kappa shape index (κ3) is 4.94. The Hall–Kier alpha value is -0.120. The van der Waals surface area contributed by atoms with Gasteiger partial charge in [-0.25, -0.2) is 4.84 Å². The van der Waals surface area contributed by atoms with Gasteiger partial charge in [-0.15, -0.1) is 0 Å². The first-order valence-corrected chi connectivity index (χ1v) is 5.19. The van der Waals surface area contributed by atoms with E-state index in [1.807, 2.05) is 20.8 Å². The van der Waals surface area contributed by atoms with Crippen molar-refractivity contribution in [1.82, 2.24) is 4.84 Å². The van der Waals surface area contributed by atoms with Gasteiger partial charge >= 0.3 is 0 Å². The summed E-state index contributed by atoms with van der Waals surface area (Å²) in [6.45, 7) is 6.58. The monoisotopic (exact) mass is 221 g/mol. The molecule has 0 amide bonds. The van der Waals surface area contributed by atoms with E-state index >= 15 is 0 Å². The smallest absolute Gasteiger partial charge is 0.151 e. The molecule has 0 radical (unpaired) electrons. The van der Waals surface area contributed by atoms with Crippen LogP contribution < -0.4 is 4.84 Å². The van der Waals surface area contributed by atoms with Crippen LogP contribution in [0.2, 0.25) is 0 Å². The second kappa shape index (κ2) is 6.38. The molecule has 1 unspecified atom stereocenters. The van der Waals surface area contributed by atoms with Gasteiger partial charge in [0.25, 0.3) is 0 Å². The van der Waals surface area contributed by atoms with Crippen LogP contribution in [-0.4, -0.2) is 25.5 Å². The van der Waals surface area contributed by atoms with Gasteiger partial charge in [-0.2, -0.15) is 0 Å². The van der Waals surface area contributed by atoms with Crippen molar-refractivity contribution in [2.45, 2.75) is 39.7 Å². The maximum Gasteiger partial charge on any atom is 0.151 e. The van der Waals surface area contributed by atoms with Crippen LogP contribution >= 0.6 is 11.8 Å². The van der Waals surface area contributed by atoms with Crippen LogP contribution in [0.5, 0.6) is 0 Å². The molecule has 1 atom stereocenters. The predicted octanol–water partition coefficient (Wildman–Crippen LogP) is 2.14. The molecular weight excluding hydrogens is 202 g/mol. The fourth-order valence-electron chi connectivity index (χ4n) is 1.24. The molecule has 0 fully saturated rings. The highest BCUT2D eigenvalue weighted by Crippen LogP contribution is 2.21. The Kier molecular flexibility index (Phi) is 6.33. The summed E-state index contributed by atoms with van der Waals surface area (Å²) in [7, 11) is 1.63. The zero-order valence-electron chi connectivity index (χ0n) is 9.39. The van der Waals surface area contributed by atoms with Crippen molar-refractivity contribution in [3.8, 4) is 0 Å². The summed E-state index contributed by atoms with van der Waals surface area (Å²) < 4.78 is 4.89. The molecule has 0 saturated heterocycles. The van der Waals surface area contributed by atoms with Crippen LogP contribution in [0.25, 0.3) is 0 Å². The molecule has 0 aromatic carbocycles. The first-order valence-electron chi connectivity index (χ1n) is 4.81. The Morgan fingerprint density at radius 2 is 2.07 bits per heavy atom. The van der Waals surface area contributed by atoms with Crippen LogP contribution in [0.1, 0.15) is 33.6 Å². The maximum absolute atomic E-state index is 11.7. The highest BCUT2D eigenvalue weighted by atomic mass is 35.5. The fraction of sp³-hybridized carbons (Fsp3) is 0.900. The van der Waals surface area contributed by atoms with E-state index in [4.69, 9.17) is 16.5 Å². The van der Waals surface area contributed by atoms with Crippen molar-refractivity contribution in [3.05, 3.63) is 0 Å². The summed E-state index contributed by atoms with van der Waals surface area (Å²) >= 11 is 5.56. The van der Waals surface area contributed by atoms with E-state index in [0.29, 0.717) is 13.0 Å². The van der Waals surface area contributed by atoms with Gasteiger partial charge in [-0.3, -0.25) is 4.79 Å². The van der Waals surface area contributed by atoms with Crippen LogP contribution in [-0.2, 0) is 9.53 Å². The van der Waals surface area contributed by atoms with Crippen molar-refractivity contribution in [1.29, 1.82) is 0 Å². The molecule has 0 aliphatic heterocycles. The molecule has 0 aliphatic carbocycles. The number of rotatable bonds is 6. The molecule has 0 rings (SSSR count). The molecular formula is C10H20ClNO2. The Bertz CT molecular complexity index is 177. The molecule has 3 nitrogen and oxygen atoms in total. The average molecular weight is 222 g/mol. The first-order chi connectivity index (χ1) is 6.43. The third-order valence-electron chi connectivity index (χ3n) is 2.07. The molecule has 0 aromatic rings. The molecule has 0 aromatic heterocycles. The quantitative estimate of drug-likeness (QED) is 0.552. The zero-order valence-corrected chi connectivity index (χ0v) is 10.1. The van der Waals surface area contributed by atoms with Crippen molar-refractivity contribution >= 4 is 17.6 Å².